The molecule has 0 saturated heterocycles. The molecular formula is C18H15N3O2S. The van der Waals surface area contributed by atoms with E-state index in [0.29, 0.717) is 18.2 Å². The molecule has 0 radical (unpaired) electrons. The summed E-state index contributed by atoms with van der Waals surface area (Å²) in [7, 11) is 0. The molecule has 0 aliphatic rings. The maximum Gasteiger partial charge on any atom is 0.269 e. The van der Waals surface area contributed by atoms with E-state index in [9.17, 15) is 4.79 Å². The standard InChI is InChI=1S/C18H15N3O2S/c1-12-19-20-17(23-12)15(11-13-7-3-2-4-8-13)21-18(22)14-9-5-6-10-16(14)24-21/h2-10,15H,11H2,1H3. The average molecular weight is 337 g/mol. The summed E-state index contributed by atoms with van der Waals surface area (Å²) < 4.78 is 8.34. The van der Waals surface area contributed by atoms with Crippen LogP contribution in [0.3, 0.4) is 0 Å². The van der Waals surface area contributed by atoms with Crippen LogP contribution in [0.15, 0.2) is 63.8 Å². The maximum atomic E-state index is 12.8. The van der Waals surface area contributed by atoms with Gasteiger partial charge in [0.2, 0.25) is 11.8 Å². The Morgan fingerprint density at radius 3 is 2.54 bits per heavy atom. The van der Waals surface area contributed by atoms with Gasteiger partial charge in [0, 0.05) is 13.3 Å². The molecule has 0 amide bonds. The number of fused-ring (bicyclic) bond motifs is 1. The number of aryl methyl sites for hydroxylation is 1. The molecule has 24 heavy (non-hydrogen) atoms. The first kappa shape index (κ1) is 14.8. The van der Waals surface area contributed by atoms with E-state index in [1.807, 2.05) is 54.6 Å². The van der Waals surface area contributed by atoms with Gasteiger partial charge in [-0.05, 0) is 17.7 Å². The Bertz CT molecular complexity index is 1030. The van der Waals surface area contributed by atoms with Crippen molar-refractivity contribution in [2.45, 2.75) is 19.4 Å². The van der Waals surface area contributed by atoms with Crippen LogP contribution in [0.1, 0.15) is 23.4 Å². The van der Waals surface area contributed by atoms with Gasteiger partial charge in [-0.15, -0.1) is 10.2 Å². The fraction of sp³-hybridized carbons (Fsp3) is 0.167. The first-order valence-electron chi connectivity index (χ1n) is 7.67. The van der Waals surface area contributed by atoms with Gasteiger partial charge in [-0.25, -0.2) is 0 Å². The number of hydrogen-bond donors (Lipinski definition) is 0. The highest BCUT2D eigenvalue weighted by Crippen LogP contribution is 2.26. The molecule has 1 atom stereocenters. The Hall–Kier alpha value is -2.73. The highest BCUT2D eigenvalue weighted by atomic mass is 32.1. The minimum Gasteiger partial charge on any atom is -0.423 e. The zero-order chi connectivity index (χ0) is 16.5. The maximum absolute atomic E-state index is 12.8. The van der Waals surface area contributed by atoms with Crippen LogP contribution in [-0.2, 0) is 6.42 Å². The Labute approximate surface area is 142 Å². The predicted molar refractivity (Wildman–Crippen MR) is 93.4 cm³/mol. The molecule has 0 fully saturated rings. The second-order valence-corrected chi connectivity index (χ2v) is 6.60. The lowest BCUT2D eigenvalue weighted by Gasteiger charge is -2.13. The lowest BCUT2D eigenvalue weighted by atomic mass is 10.1. The predicted octanol–water partition coefficient (Wildman–Crippen LogP) is 3.59. The van der Waals surface area contributed by atoms with E-state index in [1.54, 1.807) is 10.9 Å². The molecule has 0 spiro atoms. The van der Waals surface area contributed by atoms with Crippen LogP contribution < -0.4 is 5.56 Å². The molecule has 5 nitrogen and oxygen atoms in total. The molecule has 4 rings (SSSR count). The van der Waals surface area contributed by atoms with Gasteiger partial charge in [-0.1, -0.05) is 54.0 Å². The van der Waals surface area contributed by atoms with E-state index >= 15 is 0 Å². The van der Waals surface area contributed by atoms with Gasteiger partial charge < -0.3 is 4.42 Å². The molecule has 120 valence electrons. The summed E-state index contributed by atoms with van der Waals surface area (Å²) in [6.45, 7) is 1.75. The van der Waals surface area contributed by atoms with Crippen LogP contribution in [0.25, 0.3) is 10.1 Å². The normalized spacial score (nSPS) is 12.5. The molecule has 0 N–H and O–H groups in total. The van der Waals surface area contributed by atoms with Gasteiger partial charge in [0.15, 0.2) is 0 Å². The van der Waals surface area contributed by atoms with E-state index in [1.165, 1.54) is 11.5 Å². The summed E-state index contributed by atoms with van der Waals surface area (Å²) in [5.74, 6) is 0.960. The third-order valence-electron chi connectivity index (χ3n) is 3.90. The summed E-state index contributed by atoms with van der Waals surface area (Å²) in [5.41, 5.74) is 1.09. The van der Waals surface area contributed by atoms with Crippen LogP contribution >= 0.6 is 11.5 Å². The molecule has 6 heteroatoms. The summed E-state index contributed by atoms with van der Waals surface area (Å²) in [6, 6.07) is 17.3. The summed E-state index contributed by atoms with van der Waals surface area (Å²) in [6.07, 6.45) is 0.620. The Morgan fingerprint density at radius 1 is 1.08 bits per heavy atom. The SMILES string of the molecule is Cc1nnc(C(Cc2ccccc2)n2sc3ccccc3c2=O)o1. The van der Waals surface area contributed by atoms with Gasteiger partial charge >= 0.3 is 0 Å². The van der Waals surface area contributed by atoms with E-state index in [0.717, 1.165) is 15.6 Å². The third-order valence-corrected chi connectivity index (χ3v) is 5.07. The van der Waals surface area contributed by atoms with Crippen LogP contribution in [0, 0.1) is 6.92 Å². The van der Waals surface area contributed by atoms with Crippen molar-refractivity contribution in [1.82, 2.24) is 14.2 Å². The first-order chi connectivity index (χ1) is 11.7. The number of nitrogens with zero attached hydrogens (tertiary/aromatic N) is 3. The summed E-state index contributed by atoms with van der Waals surface area (Å²) >= 11 is 1.43. The minimum absolute atomic E-state index is 0.0209. The van der Waals surface area contributed by atoms with Crippen molar-refractivity contribution in [3.63, 3.8) is 0 Å². The number of rotatable bonds is 4. The van der Waals surface area contributed by atoms with Crippen molar-refractivity contribution < 1.29 is 4.42 Å². The molecule has 0 aliphatic carbocycles. The molecule has 2 aromatic carbocycles. The Balaban J connectivity index is 1.85. The zero-order valence-electron chi connectivity index (χ0n) is 13.0. The van der Waals surface area contributed by atoms with Crippen molar-refractivity contribution in [3.05, 3.63) is 82.3 Å². The van der Waals surface area contributed by atoms with Crippen molar-refractivity contribution in [2.24, 2.45) is 0 Å². The molecule has 4 aromatic rings. The van der Waals surface area contributed by atoms with Gasteiger partial charge in [0.05, 0.1) is 10.1 Å². The number of hydrogen-bond acceptors (Lipinski definition) is 5. The van der Waals surface area contributed by atoms with Gasteiger partial charge in [0.25, 0.3) is 5.56 Å². The molecule has 0 bridgehead atoms. The summed E-state index contributed by atoms with van der Waals surface area (Å²) in [4.78, 5) is 12.8. The fourth-order valence-electron chi connectivity index (χ4n) is 2.75. The van der Waals surface area contributed by atoms with Crippen molar-refractivity contribution in [3.8, 4) is 0 Å². The van der Waals surface area contributed by atoms with E-state index in [2.05, 4.69) is 10.2 Å². The van der Waals surface area contributed by atoms with Crippen molar-refractivity contribution in [1.29, 1.82) is 0 Å². The van der Waals surface area contributed by atoms with Gasteiger partial charge in [-0.3, -0.25) is 8.75 Å². The lowest BCUT2D eigenvalue weighted by Crippen LogP contribution is -2.22. The lowest BCUT2D eigenvalue weighted by molar-refractivity contribution is 0.405. The zero-order valence-corrected chi connectivity index (χ0v) is 13.9. The molecule has 0 saturated carbocycles. The largest absolute Gasteiger partial charge is 0.423 e. The van der Waals surface area contributed by atoms with Crippen LogP contribution in [0.2, 0.25) is 0 Å². The van der Waals surface area contributed by atoms with Crippen LogP contribution in [0.5, 0.6) is 0 Å². The van der Waals surface area contributed by atoms with Crippen molar-refractivity contribution >= 4 is 21.6 Å². The molecular weight excluding hydrogens is 322 g/mol. The highest BCUT2D eigenvalue weighted by Gasteiger charge is 2.24. The second kappa shape index (κ2) is 6.05. The quantitative estimate of drug-likeness (QED) is 0.571. The molecule has 1 unspecified atom stereocenters. The molecule has 0 aliphatic heterocycles. The highest BCUT2D eigenvalue weighted by molar-refractivity contribution is 7.13. The topological polar surface area (TPSA) is 60.9 Å². The van der Waals surface area contributed by atoms with E-state index < -0.39 is 0 Å². The van der Waals surface area contributed by atoms with Crippen molar-refractivity contribution in [2.75, 3.05) is 0 Å². The Kier molecular flexibility index (Phi) is 3.74. The molecule has 2 aromatic heterocycles. The average Bonchev–Trinajstić information content (AvgIpc) is 3.18. The second-order valence-electron chi connectivity index (χ2n) is 5.58. The van der Waals surface area contributed by atoms with E-state index in [-0.39, 0.29) is 11.6 Å². The smallest absolute Gasteiger partial charge is 0.269 e. The Morgan fingerprint density at radius 2 is 1.83 bits per heavy atom. The minimum atomic E-state index is -0.307. The number of benzene rings is 2. The van der Waals surface area contributed by atoms with Crippen LogP contribution in [-0.4, -0.2) is 14.2 Å². The van der Waals surface area contributed by atoms with E-state index in [4.69, 9.17) is 4.42 Å². The monoisotopic (exact) mass is 337 g/mol. The third kappa shape index (κ3) is 2.65. The van der Waals surface area contributed by atoms with Crippen LogP contribution in [0.4, 0.5) is 0 Å². The molecule has 2 heterocycles. The van der Waals surface area contributed by atoms with Gasteiger partial charge in [-0.2, -0.15) is 0 Å². The fourth-order valence-corrected chi connectivity index (χ4v) is 3.83. The number of aromatic nitrogens is 3. The van der Waals surface area contributed by atoms with Gasteiger partial charge in [0.1, 0.15) is 6.04 Å². The summed E-state index contributed by atoms with van der Waals surface area (Å²) in [5, 5.41) is 8.81. The first-order valence-corrected chi connectivity index (χ1v) is 8.44.